The van der Waals surface area contributed by atoms with Gasteiger partial charge in [0.15, 0.2) is 0 Å². The Hall–Kier alpha value is -2.17. The van der Waals surface area contributed by atoms with Crippen molar-refractivity contribution in [2.24, 2.45) is 5.92 Å². The van der Waals surface area contributed by atoms with Gasteiger partial charge in [0.25, 0.3) is 10.2 Å². The van der Waals surface area contributed by atoms with Crippen molar-refractivity contribution < 1.29 is 27.5 Å². The van der Waals surface area contributed by atoms with Crippen molar-refractivity contribution in [1.82, 2.24) is 8.61 Å². The molecule has 1 aromatic rings. The zero-order valence-corrected chi connectivity index (χ0v) is 16.7. The Morgan fingerprint density at radius 1 is 1.26 bits per heavy atom. The number of nitrogens with zero attached hydrogens (tertiary/aromatic N) is 2. The van der Waals surface area contributed by atoms with Gasteiger partial charge in [-0.25, -0.2) is 4.79 Å². The fourth-order valence-corrected chi connectivity index (χ4v) is 4.07. The van der Waals surface area contributed by atoms with E-state index in [9.17, 15) is 18.0 Å². The molecule has 0 bridgehead atoms. The number of hydrogen-bond acceptors (Lipinski definition) is 6. The predicted molar refractivity (Wildman–Crippen MR) is 99.9 cm³/mol. The number of nitrogens with one attached hydrogen (secondary N) is 1. The molecular formula is C17H25N3O6S. The molecule has 0 unspecified atom stereocenters. The maximum Gasteiger partial charge on any atom is 0.337 e. The lowest BCUT2D eigenvalue weighted by molar-refractivity contribution is -0.120. The van der Waals surface area contributed by atoms with Crippen molar-refractivity contribution in [3.63, 3.8) is 0 Å². The van der Waals surface area contributed by atoms with Gasteiger partial charge in [-0.2, -0.15) is 17.0 Å². The second-order valence-corrected chi connectivity index (χ2v) is 8.53. The Morgan fingerprint density at radius 2 is 1.96 bits per heavy atom. The van der Waals surface area contributed by atoms with Gasteiger partial charge in [-0.3, -0.25) is 4.79 Å². The molecule has 10 heteroatoms. The lowest BCUT2D eigenvalue weighted by atomic mass is 9.98. The number of methoxy groups -OCH3 is 2. The molecule has 27 heavy (non-hydrogen) atoms. The number of benzene rings is 1. The van der Waals surface area contributed by atoms with E-state index in [2.05, 4.69) is 10.1 Å². The summed E-state index contributed by atoms with van der Waals surface area (Å²) in [7, 11) is 2.07. The zero-order chi connectivity index (χ0) is 20.2. The van der Waals surface area contributed by atoms with Gasteiger partial charge in [0.2, 0.25) is 5.91 Å². The Labute approximate surface area is 159 Å². The number of piperidine rings is 1. The predicted octanol–water partition coefficient (Wildman–Crippen LogP) is 0.939. The lowest BCUT2D eigenvalue weighted by Crippen LogP contribution is -2.47. The van der Waals surface area contributed by atoms with Crippen LogP contribution in [0.4, 0.5) is 5.69 Å². The summed E-state index contributed by atoms with van der Waals surface area (Å²) in [5, 5.41) is 2.74. The summed E-state index contributed by atoms with van der Waals surface area (Å²) in [6.07, 6.45) is 1.16. The lowest BCUT2D eigenvalue weighted by Gasteiger charge is -2.32. The molecule has 1 aliphatic rings. The van der Waals surface area contributed by atoms with Crippen LogP contribution in [0.15, 0.2) is 18.2 Å². The standard InChI is InChI=1S/C17H25N3O6S/c1-19(2)27(23,24)20-9-5-6-13(11-20)16(21)18-14-10-12(17(22)26-4)7-8-15(14)25-3/h7-8,10,13H,5-6,9,11H2,1-4H3,(H,18,21)/t13-/m1/s1. The summed E-state index contributed by atoms with van der Waals surface area (Å²) in [5.74, 6) is -0.965. The average molecular weight is 399 g/mol. The number of hydrogen-bond donors (Lipinski definition) is 1. The minimum atomic E-state index is -3.57. The Morgan fingerprint density at radius 3 is 2.56 bits per heavy atom. The summed E-state index contributed by atoms with van der Waals surface area (Å²) < 4.78 is 37.0. The van der Waals surface area contributed by atoms with Crippen LogP contribution in [0.5, 0.6) is 5.75 Å². The van der Waals surface area contributed by atoms with Crippen LogP contribution in [0.2, 0.25) is 0 Å². The quantitative estimate of drug-likeness (QED) is 0.714. The molecule has 0 radical (unpaired) electrons. The summed E-state index contributed by atoms with van der Waals surface area (Å²) in [4.78, 5) is 24.4. The van der Waals surface area contributed by atoms with E-state index < -0.39 is 22.1 Å². The minimum Gasteiger partial charge on any atom is -0.495 e. The van der Waals surface area contributed by atoms with E-state index >= 15 is 0 Å². The van der Waals surface area contributed by atoms with Gasteiger partial charge >= 0.3 is 5.97 Å². The van der Waals surface area contributed by atoms with Crippen LogP contribution >= 0.6 is 0 Å². The molecule has 1 fully saturated rings. The highest BCUT2D eigenvalue weighted by Gasteiger charge is 2.33. The van der Waals surface area contributed by atoms with Crippen LogP contribution in [0.3, 0.4) is 0 Å². The van der Waals surface area contributed by atoms with Gasteiger partial charge in [0.05, 0.1) is 31.4 Å². The summed E-state index contributed by atoms with van der Waals surface area (Å²) in [6.45, 7) is 0.483. The molecule has 9 nitrogen and oxygen atoms in total. The second-order valence-electron chi connectivity index (χ2n) is 6.38. The molecule has 0 aromatic heterocycles. The van der Waals surface area contributed by atoms with E-state index in [4.69, 9.17) is 4.74 Å². The highest BCUT2D eigenvalue weighted by Crippen LogP contribution is 2.28. The largest absolute Gasteiger partial charge is 0.495 e. The van der Waals surface area contributed by atoms with Crippen molar-refractivity contribution in [2.75, 3.05) is 46.7 Å². The van der Waals surface area contributed by atoms with Crippen molar-refractivity contribution in [3.05, 3.63) is 23.8 Å². The molecule has 1 atom stereocenters. The fourth-order valence-electron chi connectivity index (χ4n) is 2.88. The van der Waals surface area contributed by atoms with E-state index in [1.54, 1.807) is 6.07 Å². The molecule has 1 aromatic carbocycles. The molecular weight excluding hydrogens is 374 g/mol. The molecule has 2 rings (SSSR count). The molecule has 1 saturated heterocycles. The molecule has 0 spiro atoms. The third-order valence-electron chi connectivity index (χ3n) is 4.42. The van der Waals surface area contributed by atoms with Crippen molar-refractivity contribution in [2.45, 2.75) is 12.8 Å². The number of ether oxygens (including phenoxy) is 2. The zero-order valence-electron chi connectivity index (χ0n) is 15.9. The average Bonchev–Trinajstić information content (AvgIpc) is 2.67. The number of amides is 1. The Kier molecular flexibility index (Phi) is 6.79. The number of carbonyl (C=O) groups excluding carboxylic acids is 2. The van der Waals surface area contributed by atoms with E-state index in [1.165, 1.54) is 44.8 Å². The van der Waals surface area contributed by atoms with Gasteiger partial charge in [-0.15, -0.1) is 0 Å². The van der Waals surface area contributed by atoms with Crippen molar-refractivity contribution in [3.8, 4) is 5.75 Å². The highest BCUT2D eigenvalue weighted by atomic mass is 32.2. The molecule has 1 heterocycles. The SMILES string of the molecule is COC(=O)c1ccc(OC)c(NC(=O)[C@@H]2CCCN(S(=O)(=O)N(C)C)C2)c1. The van der Waals surface area contributed by atoms with Crippen LogP contribution in [0, 0.1) is 5.92 Å². The molecule has 1 amide bonds. The number of carbonyl (C=O) groups is 2. The summed E-state index contributed by atoms with van der Waals surface area (Å²) in [6, 6.07) is 4.57. The third kappa shape index (κ3) is 4.76. The minimum absolute atomic E-state index is 0.103. The van der Waals surface area contributed by atoms with Crippen LogP contribution in [0.25, 0.3) is 0 Å². The Bertz CT molecular complexity index is 809. The topological polar surface area (TPSA) is 105 Å². The maximum absolute atomic E-state index is 12.7. The van der Waals surface area contributed by atoms with Crippen LogP contribution in [-0.2, 0) is 19.7 Å². The van der Waals surface area contributed by atoms with E-state index in [0.29, 0.717) is 30.8 Å². The second kappa shape index (κ2) is 8.68. The maximum atomic E-state index is 12.7. The van der Waals surface area contributed by atoms with Gasteiger partial charge < -0.3 is 14.8 Å². The van der Waals surface area contributed by atoms with Crippen molar-refractivity contribution in [1.29, 1.82) is 0 Å². The summed E-state index contributed by atoms with van der Waals surface area (Å²) in [5.41, 5.74) is 0.604. The van der Waals surface area contributed by atoms with Gasteiger partial charge in [-0.1, -0.05) is 0 Å². The Balaban J connectivity index is 2.18. The van der Waals surface area contributed by atoms with Crippen LogP contribution in [-0.4, -0.2) is 70.3 Å². The molecule has 150 valence electrons. The number of esters is 1. The third-order valence-corrected chi connectivity index (χ3v) is 6.33. The van der Waals surface area contributed by atoms with Crippen LogP contribution < -0.4 is 10.1 Å². The first-order valence-corrected chi connectivity index (χ1v) is 9.85. The first-order valence-electron chi connectivity index (χ1n) is 8.45. The van der Waals surface area contributed by atoms with E-state index in [-0.39, 0.29) is 18.0 Å². The monoisotopic (exact) mass is 399 g/mol. The van der Waals surface area contributed by atoms with Crippen LogP contribution in [0.1, 0.15) is 23.2 Å². The fraction of sp³-hybridized carbons (Fsp3) is 0.529. The molecule has 1 N–H and O–H groups in total. The van der Waals surface area contributed by atoms with Crippen molar-refractivity contribution >= 4 is 27.8 Å². The van der Waals surface area contributed by atoms with Gasteiger partial charge in [-0.05, 0) is 31.0 Å². The van der Waals surface area contributed by atoms with E-state index in [0.717, 1.165) is 4.31 Å². The van der Waals surface area contributed by atoms with Gasteiger partial charge in [0, 0.05) is 27.2 Å². The highest BCUT2D eigenvalue weighted by molar-refractivity contribution is 7.86. The van der Waals surface area contributed by atoms with E-state index in [1.807, 2.05) is 0 Å². The normalized spacial score (nSPS) is 18.2. The smallest absolute Gasteiger partial charge is 0.337 e. The first kappa shape index (κ1) is 21.1. The first-order chi connectivity index (χ1) is 12.7. The molecule has 0 saturated carbocycles. The number of anilines is 1. The molecule has 0 aliphatic carbocycles. The number of rotatable bonds is 6. The summed E-state index contributed by atoms with van der Waals surface area (Å²) >= 11 is 0. The van der Waals surface area contributed by atoms with Gasteiger partial charge in [0.1, 0.15) is 5.75 Å². The molecule has 1 aliphatic heterocycles.